The zero-order chi connectivity index (χ0) is 15.9. The summed E-state index contributed by atoms with van der Waals surface area (Å²) in [4.78, 5) is 0. The van der Waals surface area contributed by atoms with Gasteiger partial charge in [-0.05, 0) is 5.56 Å². The van der Waals surface area contributed by atoms with Crippen molar-refractivity contribution in [3.8, 4) is 0 Å². The lowest BCUT2D eigenvalue weighted by molar-refractivity contribution is -0.175. The van der Waals surface area contributed by atoms with Crippen molar-refractivity contribution in [1.82, 2.24) is 0 Å². The SMILES string of the molecule is C=CCO[C@H]1O[C@H]([C@@H](O)CO)[C@@H](OCc2ccccc2)[C@H]1O. The second-order valence-corrected chi connectivity index (χ2v) is 5.09. The molecular formula is C16H22O6. The number of benzene rings is 1. The predicted octanol–water partition coefficient (Wildman–Crippen LogP) is 0.213. The fourth-order valence-electron chi connectivity index (χ4n) is 2.34. The number of rotatable bonds is 8. The molecule has 0 unspecified atom stereocenters. The van der Waals surface area contributed by atoms with Crippen molar-refractivity contribution < 1.29 is 29.5 Å². The van der Waals surface area contributed by atoms with Gasteiger partial charge in [0.05, 0.1) is 19.8 Å². The molecule has 0 amide bonds. The standard InChI is InChI=1S/C16H22O6/c1-2-8-20-16-13(19)15(14(22-16)12(18)9-17)21-10-11-6-4-3-5-7-11/h2-7,12-19H,1,8-10H2/t12-,13+,14+,15-,16-/m0/s1. The lowest BCUT2D eigenvalue weighted by Crippen LogP contribution is -2.42. The summed E-state index contributed by atoms with van der Waals surface area (Å²) in [5.41, 5.74) is 0.933. The minimum Gasteiger partial charge on any atom is -0.394 e. The first-order valence-corrected chi connectivity index (χ1v) is 7.18. The Morgan fingerprint density at radius 2 is 2.00 bits per heavy atom. The van der Waals surface area contributed by atoms with Crippen molar-refractivity contribution in [2.24, 2.45) is 0 Å². The largest absolute Gasteiger partial charge is 0.394 e. The predicted molar refractivity (Wildman–Crippen MR) is 78.9 cm³/mol. The summed E-state index contributed by atoms with van der Waals surface area (Å²) >= 11 is 0. The summed E-state index contributed by atoms with van der Waals surface area (Å²) in [7, 11) is 0. The first-order chi connectivity index (χ1) is 10.7. The Bertz CT molecular complexity index is 451. The van der Waals surface area contributed by atoms with Gasteiger partial charge in [0.25, 0.3) is 0 Å². The van der Waals surface area contributed by atoms with E-state index in [1.54, 1.807) is 0 Å². The molecule has 0 aromatic heterocycles. The van der Waals surface area contributed by atoms with Crippen LogP contribution in [-0.4, -0.2) is 59.2 Å². The third-order valence-corrected chi connectivity index (χ3v) is 3.46. The van der Waals surface area contributed by atoms with Crippen LogP contribution in [0.1, 0.15) is 5.56 Å². The highest BCUT2D eigenvalue weighted by Crippen LogP contribution is 2.28. The maximum absolute atomic E-state index is 10.3. The van der Waals surface area contributed by atoms with Crippen molar-refractivity contribution >= 4 is 0 Å². The van der Waals surface area contributed by atoms with E-state index < -0.39 is 37.3 Å². The van der Waals surface area contributed by atoms with E-state index in [0.29, 0.717) is 0 Å². The minimum atomic E-state index is -1.16. The van der Waals surface area contributed by atoms with Crippen molar-refractivity contribution in [2.75, 3.05) is 13.2 Å². The van der Waals surface area contributed by atoms with Gasteiger partial charge in [0, 0.05) is 0 Å². The first kappa shape index (κ1) is 17.1. The highest BCUT2D eigenvalue weighted by Gasteiger charge is 2.48. The molecule has 0 aliphatic carbocycles. The highest BCUT2D eigenvalue weighted by atomic mass is 16.7. The van der Waals surface area contributed by atoms with Gasteiger partial charge in [0.2, 0.25) is 0 Å². The minimum absolute atomic E-state index is 0.203. The Morgan fingerprint density at radius 1 is 1.27 bits per heavy atom. The van der Waals surface area contributed by atoms with E-state index in [4.69, 9.17) is 19.3 Å². The van der Waals surface area contributed by atoms with Gasteiger partial charge in [-0.15, -0.1) is 6.58 Å². The molecule has 1 saturated heterocycles. The number of aliphatic hydroxyl groups is 3. The fraction of sp³-hybridized carbons (Fsp3) is 0.500. The van der Waals surface area contributed by atoms with Crippen LogP contribution in [-0.2, 0) is 20.8 Å². The highest BCUT2D eigenvalue weighted by molar-refractivity contribution is 5.13. The molecule has 0 bridgehead atoms. The summed E-state index contributed by atoms with van der Waals surface area (Å²) in [6, 6.07) is 9.46. The van der Waals surface area contributed by atoms with E-state index in [0.717, 1.165) is 5.56 Å². The van der Waals surface area contributed by atoms with Crippen molar-refractivity contribution in [2.45, 2.75) is 37.3 Å². The maximum Gasteiger partial charge on any atom is 0.187 e. The molecule has 3 N–H and O–H groups in total. The number of hydrogen-bond donors (Lipinski definition) is 3. The van der Waals surface area contributed by atoms with Crippen LogP contribution >= 0.6 is 0 Å². The Morgan fingerprint density at radius 3 is 2.64 bits per heavy atom. The number of ether oxygens (including phenoxy) is 3. The third kappa shape index (κ3) is 4.13. The van der Waals surface area contributed by atoms with Crippen LogP contribution in [0.5, 0.6) is 0 Å². The van der Waals surface area contributed by atoms with Gasteiger partial charge in [-0.25, -0.2) is 0 Å². The molecule has 122 valence electrons. The Kier molecular flexibility index (Phi) is 6.50. The van der Waals surface area contributed by atoms with Crippen LogP contribution in [0, 0.1) is 0 Å². The molecule has 5 atom stereocenters. The average molecular weight is 310 g/mol. The molecule has 1 aliphatic rings. The van der Waals surface area contributed by atoms with E-state index in [9.17, 15) is 10.2 Å². The molecule has 1 heterocycles. The summed E-state index contributed by atoms with van der Waals surface area (Å²) in [6.45, 7) is 3.50. The van der Waals surface area contributed by atoms with Crippen LogP contribution in [0.15, 0.2) is 43.0 Å². The summed E-state index contributed by atoms with van der Waals surface area (Å²) in [6.07, 6.45) is -3.27. The van der Waals surface area contributed by atoms with Crippen LogP contribution < -0.4 is 0 Å². The smallest absolute Gasteiger partial charge is 0.187 e. The molecule has 2 rings (SSSR count). The van der Waals surface area contributed by atoms with Gasteiger partial charge in [-0.1, -0.05) is 36.4 Å². The van der Waals surface area contributed by atoms with E-state index in [1.165, 1.54) is 6.08 Å². The average Bonchev–Trinajstić information content (AvgIpc) is 2.87. The molecule has 1 fully saturated rings. The van der Waals surface area contributed by atoms with Gasteiger partial charge < -0.3 is 29.5 Å². The topological polar surface area (TPSA) is 88.4 Å². The summed E-state index contributed by atoms with van der Waals surface area (Å²) < 4.78 is 16.5. The van der Waals surface area contributed by atoms with Crippen LogP contribution in [0.4, 0.5) is 0 Å². The molecule has 1 aliphatic heterocycles. The molecule has 0 saturated carbocycles. The van der Waals surface area contributed by atoms with Gasteiger partial charge in [-0.2, -0.15) is 0 Å². The van der Waals surface area contributed by atoms with Gasteiger partial charge >= 0.3 is 0 Å². The van der Waals surface area contributed by atoms with E-state index in [1.807, 2.05) is 30.3 Å². The molecule has 1 aromatic carbocycles. The van der Waals surface area contributed by atoms with Gasteiger partial charge in [0.15, 0.2) is 6.29 Å². The van der Waals surface area contributed by atoms with Crippen molar-refractivity contribution in [3.05, 3.63) is 48.6 Å². The van der Waals surface area contributed by atoms with E-state index >= 15 is 0 Å². The van der Waals surface area contributed by atoms with Gasteiger partial charge in [-0.3, -0.25) is 0 Å². The molecule has 6 heteroatoms. The van der Waals surface area contributed by atoms with E-state index in [-0.39, 0.29) is 13.2 Å². The molecule has 22 heavy (non-hydrogen) atoms. The van der Waals surface area contributed by atoms with Crippen LogP contribution in [0.25, 0.3) is 0 Å². The van der Waals surface area contributed by atoms with Crippen molar-refractivity contribution in [1.29, 1.82) is 0 Å². The second-order valence-electron chi connectivity index (χ2n) is 5.09. The molecule has 0 spiro atoms. The van der Waals surface area contributed by atoms with Gasteiger partial charge in [0.1, 0.15) is 24.4 Å². The summed E-state index contributed by atoms with van der Waals surface area (Å²) in [5, 5.41) is 29.2. The third-order valence-electron chi connectivity index (χ3n) is 3.46. The zero-order valence-electron chi connectivity index (χ0n) is 12.2. The second kappa shape index (κ2) is 8.38. The molecule has 6 nitrogen and oxygen atoms in total. The lowest BCUT2D eigenvalue weighted by atomic mass is 10.1. The molecule has 1 aromatic rings. The first-order valence-electron chi connectivity index (χ1n) is 7.18. The Balaban J connectivity index is 2.01. The molecular weight excluding hydrogens is 288 g/mol. The van der Waals surface area contributed by atoms with Crippen LogP contribution in [0.3, 0.4) is 0 Å². The monoisotopic (exact) mass is 310 g/mol. The summed E-state index contributed by atoms with van der Waals surface area (Å²) in [5.74, 6) is 0. The lowest BCUT2D eigenvalue weighted by Gasteiger charge is -2.23. The fourth-order valence-corrected chi connectivity index (χ4v) is 2.34. The van der Waals surface area contributed by atoms with Crippen molar-refractivity contribution in [3.63, 3.8) is 0 Å². The normalized spacial score (nSPS) is 29.4. The number of hydrogen-bond acceptors (Lipinski definition) is 6. The van der Waals surface area contributed by atoms with Crippen LogP contribution in [0.2, 0.25) is 0 Å². The maximum atomic E-state index is 10.3. The number of aliphatic hydroxyl groups excluding tert-OH is 3. The zero-order valence-corrected chi connectivity index (χ0v) is 12.2. The van der Waals surface area contributed by atoms with E-state index in [2.05, 4.69) is 6.58 Å². The quantitative estimate of drug-likeness (QED) is 0.595. The Hall–Kier alpha value is -1.28. The Labute approximate surface area is 129 Å². The molecule has 0 radical (unpaired) electrons.